The fourth-order valence-electron chi connectivity index (χ4n) is 2.20. The standard InChI is InChI=1S/C16H20BrN3O/c1-11(2)20-16(21)15(17)14(10-18-20)19-12(3)9-13-7-5-4-6-8-13/h4-8,10-12,19H,9H2,1-3H3. The summed E-state index contributed by atoms with van der Waals surface area (Å²) in [7, 11) is 0. The van der Waals surface area contributed by atoms with Crippen molar-refractivity contribution in [1.29, 1.82) is 0 Å². The molecule has 21 heavy (non-hydrogen) atoms. The number of hydrogen-bond donors (Lipinski definition) is 1. The number of hydrogen-bond acceptors (Lipinski definition) is 3. The van der Waals surface area contributed by atoms with E-state index < -0.39 is 0 Å². The Morgan fingerprint density at radius 3 is 2.52 bits per heavy atom. The quantitative estimate of drug-likeness (QED) is 0.896. The van der Waals surface area contributed by atoms with Gasteiger partial charge in [0.05, 0.1) is 17.9 Å². The molecule has 112 valence electrons. The summed E-state index contributed by atoms with van der Waals surface area (Å²) in [5, 5.41) is 7.55. The van der Waals surface area contributed by atoms with Gasteiger partial charge < -0.3 is 5.32 Å². The first-order valence-electron chi connectivity index (χ1n) is 7.06. The molecule has 1 aromatic heterocycles. The zero-order chi connectivity index (χ0) is 15.4. The van der Waals surface area contributed by atoms with Crippen LogP contribution in [0.25, 0.3) is 0 Å². The molecule has 0 spiro atoms. The highest BCUT2D eigenvalue weighted by Gasteiger charge is 2.12. The van der Waals surface area contributed by atoms with E-state index in [4.69, 9.17) is 0 Å². The van der Waals surface area contributed by atoms with Gasteiger partial charge in [-0.3, -0.25) is 4.79 Å². The predicted molar refractivity (Wildman–Crippen MR) is 89.8 cm³/mol. The Bertz CT molecular complexity index is 652. The first kappa shape index (κ1) is 15.8. The lowest BCUT2D eigenvalue weighted by molar-refractivity contribution is 0.500. The molecule has 1 heterocycles. The lowest BCUT2D eigenvalue weighted by Gasteiger charge is -2.17. The fraction of sp³-hybridized carbons (Fsp3) is 0.375. The van der Waals surface area contributed by atoms with Gasteiger partial charge in [-0.15, -0.1) is 0 Å². The molecule has 0 amide bonds. The first-order valence-corrected chi connectivity index (χ1v) is 7.86. The molecule has 1 unspecified atom stereocenters. The molecule has 1 atom stereocenters. The zero-order valence-electron chi connectivity index (χ0n) is 12.5. The second kappa shape index (κ2) is 6.89. The summed E-state index contributed by atoms with van der Waals surface area (Å²) < 4.78 is 2.00. The fourth-order valence-corrected chi connectivity index (χ4v) is 2.60. The van der Waals surface area contributed by atoms with Crippen LogP contribution in [0.2, 0.25) is 0 Å². The molecule has 0 radical (unpaired) electrons. The summed E-state index contributed by atoms with van der Waals surface area (Å²) in [5.74, 6) is 0. The number of nitrogens with one attached hydrogen (secondary N) is 1. The second-order valence-electron chi connectivity index (χ2n) is 5.45. The number of benzene rings is 1. The monoisotopic (exact) mass is 349 g/mol. The molecule has 0 saturated heterocycles. The number of rotatable bonds is 5. The lowest BCUT2D eigenvalue weighted by atomic mass is 10.1. The van der Waals surface area contributed by atoms with Crippen LogP contribution in [-0.4, -0.2) is 15.8 Å². The van der Waals surface area contributed by atoms with Gasteiger partial charge in [0.25, 0.3) is 5.56 Å². The summed E-state index contributed by atoms with van der Waals surface area (Å²) in [6, 6.07) is 10.5. The Morgan fingerprint density at radius 2 is 1.90 bits per heavy atom. The van der Waals surface area contributed by atoms with Gasteiger partial charge in [0.1, 0.15) is 4.47 Å². The molecule has 0 aliphatic carbocycles. The smallest absolute Gasteiger partial charge is 0.283 e. The van der Waals surface area contributed by atoms with E-state index in [0.29, 0.717) is 4.47 Å². The van der Waals surface area contributed by atoms with Crippen molar-refractivity contribution < 1.29 is 0 Å². The highest BCUT2D eigenvalue weighted by atomic mass is 79.9. The Balaban J connectivity index is 2.13. The Hall–Kier alpha value is -1.62. The minimum absolute atomic E-state index is 0.0459. The molecule has 2 aromatic rings. The molecule has 5 heteroatoms. The largest absolute Gasteiger partial charge is 0.380 e. The third-order valence-corrected chi connectivity index (χ3v) is 3.99. The van der Waals surface area contributed by atoms with Crippen LogP contribution in [0.4, 0.5) is 5.69 Å². The molecule has 0 saturated carbocycles. The Kier molecular flexibility index (Phi) is 5.17. The van der Waals surface area contributed by atoms with Gasteiger partial charge in [-0.1, -0.05) is 30.3 Å². The summed E-state index contributed by atoms with van der Waals surface area (Å²) in [6.45, 7) is 5.96. The van der Waals surface area contributed by atoms with Gasteiger partial charge in [0.15, 0.2) is 0 Å². The first-order chi connectivity index (χ1) is 9.99. The van der Waals surface area contributed by atoms with Crippen LogP contribution in [0.5, 0.6) is 0 Å². The van der Waals surface area contributed by atoms with Crippen LogP contribution in [0.3, 0.4) is 0 Å². The summed E-state index contributed by atoms with van der Waals surface area (Å²) in [6.07, 6.45) is 2.59. The zero-order valence-corrected chi connectivity index (χ0v) is 14.1. The Labute approximate surface area is 133 Å². The van der Waals surface area contributed by atoms with Gasteiger partial charge in [0.2, 0.25) is 0 Å². The number of halogens is 1. The average Bonchev–Trinajstić information content (AvgIpc) is 2.44. The predicted octanol–water partition coefficient (Wildman–Crippen LogP) is 3.63. The highest BCUT2D eigenvalue weighted by Crippen LogP contribution is 2.19. The minimum atomic E-state index is -0.109. The van der Waals surface area contributed by atoms with Crippen LogP contribution in [-0.2, 0) is 6.42 Å². The van der Waals surface area contributed by atoms with Crippen molar-refractivity contribution in [2.24, 2.45) is 0 Å². The maximum absolute atomic E-state index is 12.2. The molecule has 0 aliphatic heterocycles. The topological polar surface area (TPSA) is 46.9 Å². The molecule has 0 bridgehead atoms. The van der Waals surface area contributed by atoms with Gasteiger partial charge >= 0.3 is 0 Å². The van der Waals surface area contributed by atoms with E-state index in [1.807, 2.05) is 32.0 Å². The van der Waals surface area contributed by atoms with Crippen LogP contribution >= 0.6 is 15.9 Å². The second-order valence-corrected chi connectivity index (χ2v) is 6.24. The summed E-state index contributed by atoms with van der Waals surface area (Å²) in [4.78, 5) is 12.2. The minimum Gasteiger partial charge on any atom is -0.380 e. The SMILES string of the molecule is CC(Cc1ccccc1)Nc1cnn(C(C)C)c(=O)c1Br. The van der Waals surface area contributed by atoms with Crippen molar-refractivity contribution in [3.05, 3.63) is 56.9 Å². The maximum Gasteiger partial charge on any atom is 0.283 e. The maximum atomic E-state index is 12.2. The van der Waals surface area contributed by atoms with Crippen LogP contribution in [0.1, 0.15) is 32.4 Å². The van der Waals surface area contributed by atoms with Crippen molar-refractivity contribution in [3.8, 4) is 0 Å². The van der Waals surface area contributed by atoms with Crippen LogP contribution < -0.4 is 10.9 Å². The molecule has 0 fully saturated rings. The van der Waals surface area contributed by atoms with Crippen LogP contribution in [0.15, 0.2) is 45.8 Å². The van der Waals surface area contributed by atoms with Gasteiger partial charge in [0, 0.05) is 6.04 Å². The normalized spacial score (nSPS) is 12.4. The molecular formula is C16H20BrN3O. The van der Waals surface area contributed by atoms with E-state index in [1.165, 1.54) is 10.2 Å². The number of anilines is 1. The molecule has 4 nitrogen and oxygen atoms in total. The van der Waals surface area contributed by atoms with Crippen LogP contribution in [0, 0.1) is 0 Å². The number of aromatic nitrogens is 2. The van der Waals surface area contributed by atoms with E-state index >= 15 is 0 Å². The molecule has 0 aliphatic rings. The van der Waals surface area contributed by atoms with Crippen molar-refractivity contribution in [1.82, 2.24) is 9.78 Å². The van der Waals surface area contributed by atoms with E-state index in [9.17, 15) is 4.79 Å². The van der Waals surface area contributed by atoms with E-state index in [0.717, 1.165) is 12.1 Å². The molecule has 1 N–H and O–H groups in total. The summed E-state index contributed by atoms with van der Waals surface area (Å²) >= 11 is 3.38. The third kappa shape index (κ3) is 3.94. The van der Waals surface area contributed by atoms with Crippen molar-refractivity contribution in [2.75, 3.05) is 5.32 Å². The van der Waals surface area contributed by atoms with Gasteiger partial charge in [-0.25, -0.2) is 4.68 Å². The van der Waals surface area contributed by atoms with Crippen molar-refractivity contribution in [2.45, 2.75) is 39.3 Å². The highest BCUT2D eigenvalue weighted by molar-refractivity contribution is 9.10. The van der Waals surface area contributed by atoms with Crippen molar-refractivity contribution >= 4 is 21.6 Å². The van der Waals surface area contributed by atoms with Gasteiger partial charge in [-0.05, 0) is 48.7 Å². The third-order valence-electron chi connectivity index (χ3n) is 3.22. The lowest BCUT2D eigenvalue weighted by Crippen LogP contribution is -2.27. The average molecular weight is 350 g/mol. The van der Waals surface area contributed by atoms with Crippen molar-refractivity contribution in [3.63, 3.8) is 0 Å². The van der Waals surface area contributed by atoms with E-state index in [2.05, 4.69) is 45.4 Å². The number of nitrogens with zero attached hydrogens (tertiary/aromatic N) is 2. The molecular weight excluding hydrogens is 330 g/mol. The molecule has 1 aromatic carbocycles. The molecule has 2 rings (SSSR count). The summed E-state index contributed by atoms with van der Waals surface area (Å²) in [5.41, 5.74) is 1.89. The van der Waals surface area contributed by atoms with Gasteiger partial charge in [-0.2, -0.15) is 5.10 Å². The van der Waals surface area contributed by atoms with E-state index in [-0.39, 0.29) is 17.6 Å². The van der Waals surface area contributed by atoms with E-state index in [1.54, 1.807) is 6.20 Å². The Morgan fingerprint density at radius 1 is 1.24 bits per heavy atom.